The number of rotatable bonds is 8. The maximum atomic E-state index is 14.4. The normalized spacial score (nSPS) is 21.1. The Labute approximate surface area is 339 Å². The number of anilines is 1. The average molecular weight is 801 g/mol. The molecule has 2 aliphatic rings. The first-order chi connectivity index (χ1) is 28.0. The number of nitrogens with two attached hydrogens (primary N) is 1. The molecular weight excluding hydrogens is 757 g/mol. The van der Waals surface area contributed by atoms with Gasteiger partial charge in [0.2, 0.25) is 29.5 Å². The van der Waals surface area contributed by atoms with Gasteiger partial charge in [0.05, 0.1) is 12.5 Å². The van der Waals surface area contributed by atoms with Gasteiger partial charge >= 0.3 is 5.97 Å². The molecule has 4 aromatic carbocycles. The fourth-order valence-corrected chi connectivity index (χ4v) is 7.32. The summed E-state index contributed by atoms with van der Waals surface area (Å²) in [5.74, 6) is -4.72. The van der Waals surface area contributed by atoms with E-state index >= 15 is 0 Å². The van der Waals surface area contributed by atoms with Crippen LogP contribution in [0.3, 0.4) is 0 Å². The molecule has 5 amide bonds. The fraction of sp³-hybridized carbons (Fsp3) is 0.227. The smallest absolute Gasteiger partial charge is 0.326 e. The van der Waals surface area contributed by atoms with Gasteiger partial charge in [-0.1, -0.05) is 103 Å². The van der Waals surface area contributed by atoms with Crippen molar-refractivity contribution in [3.8, 4) is 11.1 Å². The number of nitrogens with one attached hydrogen (secondary N) is 5. The van der Waals surface area contributed by atoms with E-state index in [4.69, 9.17) is 5.73 Å². The Morgan fingerprint density at radius 3 is 1.72 bits per heavy atom. The number of aliphatic carboxylic acids is 1. The summed E-state index contributed by atoms with van der Waals surface area (Å²) in [5.41, 5.74) is 10.4. The van der Waals surface area contributed by atoms with Crippen molar-refractivity contribution in [2.24, 2.45) is 5.73 Å². The van der Waals surface area contributed by atoms with Crippen molar-refractivity contribution in [1.82, 2.24) is 21.3 Å². The molecule has 0 radical (unpaired) electrons. The van der Waals surface area contributed by atoms with Gasteiger partial charge in [-0.3, -0.25) is 24.0 Å². The molecule has 0 saturated heterocycles. The second-order valence-corrected chi connectivity index (χ2v) is 15.1. The van der Waals surface area contributed by atoms with Gasteiger partial charge < -0.3 is 37.4 Å². The number of carbonyl (C=O) groups is 6. The second-order valence-electron chi connectivity index (χ2n) is 14.1. The highest BCUT2D eigenvalue weighted by Crippen LogP contribution is 2.21. The molecule has 5 aromatic rings. The highest BCUT2D eigenvalue weighted by Gasteiger charge is 2.33. The monoisotopic (exact) mass is 800 g/mol. The molecule has 2 aliphatic heterocycles. The molecule has 8 N–H and O–H groups in total. The largest absolute Gasteiger partial charge is 0.480 e. The lowest BCUT2D eigenvalue weighted by molar-refractivity contribution is -0.142. The van der Waals surface area contributed by atoms with Gasteiger partial charge in [0.1, 0.15) is 24.2 Å². The maximum Gasteiger partial charge on any atom is 0.326 e. The summed E-state index contributed by atoms with van der Waals surface area (Å²) in [5, 5.41) is 25.6. The molecule has 298 valence electrons. The van der Waals surface area contributed by atoms with Crippen LogP contribution < -0.4 is 32.3 Å². The molecule has 0 saturated carbocycles. The van der Waals surface area contributed by atoms with Crippen LogP contribution in [0, 0.1) is 0 Å². The van der Waals surface area contributed by atoms with Gasteiger partial charge in [-0.05, 0) is 51.4 Å². The Kier molecular flexibility index (Phi) is 13.8. The molecule has 2 bridgehead atoms. The standard InChI is InChI=1S/C44H44N6O7S/c45-34-26-39(51)47-37(25-33-12-7-21-58-33)43(55)49-36(23-28-13-17-31(18-14-28)30-10-5-2-6-11-30)41(53)48-35(22-27-8-3-1-4-9-27)42(54)50-38(44(56)57)24-29-15-19-32(20-16-29)46-40(34)52/h1-21,34-38H,22-26,45H2,(H,46,52)(H,47,51)(H,48,53)(H,49,55)(H,50,54)(H,56,57)/t34-,35-,36+,37-,38+/m1/s1. The summed E-state index contributed by atoms with van der Waals surface area (Å²) in [6.45, 7) is 0. The Morgan fingerprint density at radius 2 is 1.14 bits per heavy atom. The number of carboxylic acid groups (broad SMARTS) is 1. The van der Waals surface area contributed by atoms with Crippen molar-refractivity contribution < 1.29 is 33.9 Å². The lowest BCUT2D eigenvalue weighted by Gasteiger charge is -2.26. The topological polar surface area (TPSA) is 209 Å². The number of fused-ring (bicyclic) bond motifs is 18. The number of carboxylic acids is 1. The van der Waals surface area contributed by atoms with Crippen LogP contribution in [-0.2, 0) is 54.5 Å². The van der Waals surface area contributed by atoms with Crippen molar-refractivity contribution in [2.45, 2.75) is 62.3 Å². The van der Waals surface area contributed by atoms with E-state index in [1.165, 1.54) is 11.3 Å². The van der Waals surface area contributed by atoms with E-state index in [0.29, 0.717) is 22.4 Å². The van der Waals surface area contributed by atoms with E-state index in [0.717, 1.165) is 16.0 Å². The SMILES string of the molecule is N[C@@H]1CC(=O)N[C@H](Cc2cccs2)C(=O)N[C@@H](Cc2ccc(-c3ccccc3)cc2)C(=O)N[C@H](Cc2ccccc2)C(=O)N[C@H](C(=O)O)Cc2ccc(cc2)NC1=O. The summed E-state index contributed by atoms with van der Waals surface area (Å²) >= 11 is 1.38. The number of hydrogen-bond acceptors (Lipinski definition) is 8. The van der Waals surface area contributed by atoms with E-state index in [-0.39, 0.29) is 25.7 Å². The zero-order valence-corrected chi connectivity index (χ0v) is 32.2. The number of amides is 5. The molecule has 0 fully saturated rings. The van der Waals surface area contributed by atoms with Gasteiger partial charge in [0.15, 0.2) is 0 Å². The van der Waals surface area contributed by atoms with Crippen LogP contribution in [0.2, 0.25) is 0 Å². The third-order valence-electron chi connectivity index (χ3n) is 9.70. The van der Waals surface area contributed by atoms with Gasteiger partial charge in [0, 0.05) is 36.2 Å². The maximum absolute atomic E-state index is 14.4. The van der Waals surface area contributed by atoms with Crippen molar-refractivity contribution in [1.29, 1.82) is 0 Å². The molecule has 7 rings (SSSR count). The fourth-order valence-electron chi connectivity index (χ4n) is 6.56. The van der Waals surface area contributed by atoms with Crippen molar-refractivity contribution >= 4 is 52.5 Å². The van der Waals surface area contributed by atoms with Crippen LogP contribution >= 0.6 is 11.3 Å². The highest BCUT2D eigenvalue weighted by atomic mass is 32.1. The zero-order chi connectivity index (χ0) is 41.0. The minimum Gasteiger partial charge on any atom is -0.480 e. The van der Waals surface area contributed by atoms with E-state index in [1.54, 1.807) is 48.5 Å². The third kappa shape index (κ3) is 11.5. The molecule has 3 heterocycles. The van der Waals surface area contributed by atoms with Crippen LogP contribution in [0.5, 0.6) is 0 Å². The summed E-state index contributed by atoms with van der Waals surface area (Å²) in [6, 6.07) is 29.8. The highest BCUT2D eigenvalue weighted by molar-refractivity contribution is 7.09. The van der Waals surface area contributed by atoms with Crippen LogP contribution in [0.15, 0.2) is 127 Å². The molecule has 1 aromatic heterocycles. The molecule has 0 aliphatic carbocycles. The van der Waals surface area contributed by atoms with E-state index in [9.17, 15) is 33.9 Å². The number of carbonyl (C=O) groups excluding carboxylic acids is 5. The lowest BCUT2D eigenvalue weighted by atomic mass is 9.99. The van der Waals surface area contributed by atoms with Crippen molar-refractivity contribution in [2.75, 3.05) is 5.32 Å². The molecule has 0 unspecified atom stereocenters. The minimum absolute atomic E-state index is 0.00457. The number of thiophene rings is 1. The van der Waals surface area contributed by atoms with Gasteiger partial charge in [0.25, 0.3) is 0 Å². The minimum atomic E-state index is -1.38. The molecule has 14 heteroatoms. The average Bonchev–Trinajstić information content (AvgIpc) is 3.74. The van der Waals surface area contributed by atoms with Gasteiger partial charge in [-0.25, -0.2) is 4.79 Å². The van der Waals surface area contributed by atoms with E-state index in [1.807, 2.05) is 78.2 Å². The lowest BCUT2D eigenvalue weighted by Crippen LogP contribution is -2.59. The number of hydrogen-bond donors (Lipinski definition) is 7. The zero-order valence-electron chi connectivity index (χ0n) is 31.4. The molecular formula is C44H44N6O7S. The molecule has 13 nitrogen and oxygen atoms in total. The van der Waals surface area contributed by atoms with Crippen LogP contribution in [0.25, 0.3) is 11.1 Å². The Morgan fingerprint density at radius 1 is 0.586 bits per heavy atom. The summed E-state index contributed by atoms with van der Waals surface area (Å²) in [4.78, 5) is 82.2. The summed E-state index contributed by atoms with van der Waals surface area (Å²) in [6.07, 6.45) is -0.443. The summed E-state index contributed by atoms with van der Waals surface area (Å²) in [7, 11) is 0. The number of benzene rings is 4. The van der Waals surface area contributed by atoms with Crippen LogP contribution in [0.4, 0.5) is 5.69 Å². The molecule has 5 atom stereocenters. The first kappa shape index (κ1) is 41.0. The van der Waals surface area contributed by atoms with Crippen molar-refractivity contribution in [3.05, 3.63) is 148 Å². The Hall–Kier alpha value is -6.64. The van der Waals surface area contributed by atoms with E-state index in [2.05, 4.69) is 26.6 Å². The Balaban J connectivity index is 1.35. The van der Waals surface area contributed by atoms with Gasteiger partial charge in [-0.15, -0.1) is 11.3 Å². The molecule has 58 heavy (non-hydrogen) atoms. The second kappa shape index (κ2) is 19.5. The summed E-state index contributed by atoms with van der Waals surface area (Å²) < 4.78 is 0. The van der Waals surface area contributed by atoms with Crippen molar-refractivity contribution in [3.63, 3.8) is 0 Å². The predicted molar refractivity (Wildman–Crippen MR) is 220 cm³/mol. The Bertz CT molecular complexity index is 2200. The quantitative estimate of drug-likeness (QED) is 0.116. The molecule has 0 spiro atoms. The predicted octanol–water partition coefficient (Wildman–Crippen LogP) is 3.38. The third-order valence-corrected chi connectivity index (χ3v) is 10.6. The van der Waals surface area contributed by atoms with Gasteiger partial charge in [-0.2, -0.15) is 0 Å². The first-order valence-corrected chi connectivity index (χ1v) is 19.7. The van der Waals surface area contributed by atoms with Crippen LogP contribution in [0.1, 0.15) is 28.0 Å². The van der Waals surface area contributed by atoms with E-state index < -0.39 is 72.1 Å². The van der Waals surface area contributed by atoms with Crippen LogP contribution in [-0.4, -0.2) is 70.8 Å². The first-order valence-electron chi connectivity index (χ1n) is 18.8.